The zero-order valence-electron chi connectivity index (χ0n) is 11.7. The minimum atomic E-state index is -0.866. The molecule has 0 rings (SSSR count). The lowest BCUT2D eigenvalue weighted by atomic mass is 10.1. The van der Waals surface area contributed by atoms with Crippen LogP contribution in [0.2, 0.25) is 0 Å². The van der Waals surface area contributed by atoms with Crippen molar-refractivity contribution in [1.82, 2.24) is 0 Å². The number of primary amides is 1. The number of nitrogens with two attached hydrogens (primary N) is 1. The predicted molar refractivity (Wildman–Crippen MR) is 73.6 cm³/mol. The first-order valence-corrected chi connectivity index (χ1v) is 6.92. The third-order valence-electron chi connectivity index (χ3n) is 2.55. The van der Waals surface area contributed by atoms with Crippen LogP contribution in [0.15, 0.2) is 12.2 Å². The lowest BCUT2D eigenvalue weighted by molar-refractivity contribution is -0.138. The molecule has 0 heterocycles. The molecular weight excluding hydrogens is 246 g/mol. The molecule has 5 nitrogen and oxygen atoms in total. The van der Waals surface area contributed by atoms with E-state index in [0.717, 1.165) is 12.8 Å². The molecule has 0 saturated carbocycles. The van der Waals surface area contributed by atoms with Crippen molar-refractivity contribution in [3.8, 4) is 0 Å². The molecular formula is C14H25NO4. The summed E-state index contributed by atoms with van der Waals surface area (Å²) in [5.74, 6) is -0.418. The van der Waals surface area contributed by atoms with E-state index in [-0.39, 0.29) is 13.2 Å². The van der Waals surface area contributed by atoms with E-state index >= 15 is 0 Å². The van der Waals surface area contributed by atoms with Gasteiger partial charge in [0.1, 0.15) is 13.2 Å². The molecule has 0 aromatic rings. The molecule has 0 bridgehead atoms. The van der Waals surface area contributed by atoms with Crippen LogP contribution in [-0.2, 0) is 14.3 Å². The van der Waals surface area contributed by atoms with Gasteiger partial charge < -0.3 is 15.2 Å². The molecule has 0 aliphatic rings. The highest BCUT2D eigenvalue weighted by Crippen LogP contribution is 2.07. The Bertz CT molecular complexity index is 277. The van der Waals surface area contributed by atoms with Crippen molar-refractivity contribution in [3.05, 3.63) is 12.2 Å². The smallest absolute Gasteiger partial charge is 0.404 e. The van der Waals surface area contributed by atoms with Gasteiger partial charge in [-0.2, -0.15) is 0 Å². The minimum Gasteiger partial charge on any atom is -0.459 e. The number of hydrogen-bond donors (Lipinski definition) is 1. The Balaban J connectivity index is 3.34. The number of unbranched alkanes of at least 4 members (excludes halogenated alkanes) is 6. The van der Waals surface area contributed by atoms with Crippen LogP contribution in [0.1, 0.15) is 51.9 Å². The molecule has 0 saturated heterocycles. The van der Waals surface area contributed by atoms with E-state index in [2.05, 4.69) is 11.7 Å². The topological polar surface area (TPSA) is 78.6 Å². The fourth-order valence-corrected chi connectivity index (χ4v) is 1.55. The van der Waals surface area contributed by atoms with Gasteiger partial charge in [-0.1, -0.05) is 45.1 Å². The average Bonchev–Trinajstić information content (AvgIpc) is 2.37. The van der Waals surface area contributed by atoms with Gasteiger partial charge in [0.2, 0.25) is 0 Å². The number of rotatable bonds is 11. The zero-order chi connectivity index (χ0) is 14.3. The van der Waals surface area contributed by atoms with Gasteiger partial charge in [0.15, 0.2) is 0 Å². The van der Waals surface area contributed by atoms with Gasteiger partial charge in [0, 0.05) is 6.08 Å². The number of ether oxygens (including phenoxy) is 2. The monoisotopic (exact) mass is 271 g/mol. The molecule has 1 amide bonds. The number of carbonyl (C=O) groups excluding carboxylic acids is 2. The second-order valence-electron chi connectivity index (χ2n) is 4.29. The van der Waals surface area contributed by atoms with Crippen LogP contribution in [-0.4, -0.2) is 25.3 Å². The van der Waals surface area contributed by atoms with Crippen molar-refractivity contribution in [2.24, 2.45) is 5.73 Å². The summed E-state index contributed by atoms with van der Waals surface area (Å²) in [6.45, 7) is 2.22. The van der Waals surface area contributed by atoms with Gasteiger partial charge in [0.05, 0.1) is 0 Å². The molecule has 0 radical (unpaired) electrons. The SMILES string of the molecule is CCCCCCCCC=CC(=O)OCCOC(N)=O. The summed E-state index contributed by atoms with van der Waals surface area (Å²) in [5.41, 5.74) is 4.75. The Morgan fingerprint density at radius 2 is 1.63 bits per heavy atom. The summed E-state index contributed by atoms with van der Waals surface area (Å²) < 4.78 is 9.21. The molecule has 0 atom stereocenters. The van der Waals surface area contributed by atoms with E-state index in [9.17, 15) is 9.59 Å². The molecule has 0 aliphatic heterocycles. The Hall–Kier alpha value is -1.52. The number of hydrogen-bond acceptors (Lipinski definition) is 4. The summed E-state index contributed by atoms with van der Waals surface area (Å²) in [6, 6.07) is 0. The Labute approximate surface area is 115 Å². The maximum Gasteiger partial charge on any atom is 0.404 e. The minimum absolute atomic E-state index is 0.00760. The first-order valence-electron chi connectivity index (χ1n) is 6.92. The largest absolute Gasteiger partial charge is 0.459 e. The molecule has 5 heteroatoms. The lowest BCUT2D eigenvalue weighted by Gasteiger charge is -2.01. The maximum absolute atomic E-state index is 11.2. The summed E-state index contributed by atoms with van der Waals surface area (Å²) >= 11 is 0. The van der Waals surface area contributed by atoms with Gasteiger partial charge in [-0.05, 0) is 12.8 Å². The van der Waals surface area contributed by atoms with Gasteiger partial charge in [-0.15, -0.1) is 0 Å². The average molecular weight is 271 g/mol. The summed E-state index contributed by atoms with van der Waals surface area (Å²) in [6.07, 6.45) is 10.7. The van der Waals surface area contributed by atoms with Gasteiger partial charge in [-0.25, -0.2) is 9.59 Å². The predicted octanol–water partition coefficient (Wildman–Crippen LogP) is 2.93. The van der Waals surface area contributed by atoms with Crippen LogP contribution >= 0.6 is 0 Å². The highest BCUT2D eigenvalue weighted by atomic mass is 16.6. The number of carbonyl (C=O) groups is 2. The van der Waals surface area contributed by atoms with Gasteiger partial charge >= 0.3 is 12.1 Å². The van der Waals surface area contributed by atoms with Crippen LogP contribution in [0.25, 0.3) is 0 Å². The van der Waals surface area contributed by atoms with Crippen LogP contribution in [0, 0.1) is 0 Å². The van der Waals surface area contributed by atoms with Gasteiger partial charge in [0.25, 0.3) is 0 Å². The van der Waals surface area contributed by atoms with E-state index in [1.165, 1.54) is 38.2 Å². The third-order valence-corrected chi connectivity index (χ3v) is 2.55. The molecule has 19 heavy (non-hydrogen) atoms. The van der Waals surface area contributed by atoms with Gasteiger partial charge in [-0.3, -0.25) is 0 Å². The van der Waals surface area contributed by atoms with E-state index in [1.54, 1.807) is 0 Å². The zero-order valence-corrected chi connectivity index (χ0v) is 11.7. The second-order valence-corrected chi connectivity index (χ2v) is 4.29. The second kappa shape index (κ2) is 12.9. The molecule has 0 unspecified atom stereocenters. The Morgan fingerprint density at radius 1 is 1.00 bits per heavy atom. The standard InChI is InChI=1S/C14H25NO4/c1-2-3-4-5-6-7-8-9-10-13(16)18-11-12-19-14(15)17/h9-10H,2-8,11-12H2,1H3,(H2,15,17). The van der Waals surface area contributed by atoms with E-state index < -0.39 is 12.1 Å². The lowest BCUT2D eigenvalue weighted by Crippen LogP contribution is -2.17. The Morgan fingerprint density at radius 3 is 2.32 bits per heavy atom. The van der Waals surface area contributed by atoms with Crippen LogP contribution in [0.5, 0.6) is 0 Å². The van der Waals surface area contributed by atoms with E-state index in [1.807, 2.05) is 6.08 Å². The number of allylic oxidation sites excluding steroid dienone is 1. The van der Waals surface area contributed by atoms with E-state index in [4.69, 9.17) is 10.5 Å². The molecule has 0 aliphatic carbocycles. The van der Waals surface area contributed by atoms with E-state index in [0.29, 0.717) is 0 Å². The van der Waals surface area contributed by atoms with Crippen molar-refractivity contribution in [2.45, 2.75) is 51.9 Å². The summed E-state index contributed by atoms with van der Waals surface area (Å²) in [7, 11) is 0. The number of amides is 1. The fraction of sp³-hybridized carbons (Fsp3) is 0.714. The third kappa shape index (κ3) is 14.4. The van der Waals surface area contributed by atoms with Crippen molar-refractivity contribution < 1.29 is 19.1 Å². The molecule has 110 valence electrons. The molecule has 0 aromatic carbocycles. The highest BCUT2D eigenvalue weighted by molar-refractivity contribution is 5.81. The first kappa shape index (κ1) is 17.5. The molecule has 0 fully saturated rings. The van der Waals surface area contributed by atoms with Crippen LogP contribution in [0.3, 0.4) is 0 Å². The normalized spacial score (nSPS) is 10.6. The van der Waals surface area contributed by atoms with Crippen molar-refractivity contribution in [2.75, 3.05) is 13.2 Å². The highest BCUT2D eigenvalue weighted by Gasteiger charge is 1.98. The quantitative estimate of drug-likeness (QED) is 0.356. The van der Waals surface area contributed by atoms with Crippen LogP contribution in [0.4, 0.5) is 4.79 Å². The van der Waals surface area contributed by atoms with Crippen molar-refractivity contribution in [1.29, 1.82) is 0 Å². The maximum atomic E-state index is 11.2. The van der Waals surface area contributed by atoms with Crippen LogP contribution < -0.4 is 5.73 Å². The first-order chi connectivity index (χ1) is 9.16. The Kier molecular flexibility index (Phi) is 11.9. The molecule has 2 N–H and O–H groups in total. The summed E-state index contributed by atoms with van der Waals surface area (Å²) in [4.78, 5) is 21.4. The molecule has 0 aromatic heterocycles. The molecule has 0 spiro atoms. The van der Waals surface area contributed by atoms with Crippen molar-refractivity contribution in [3.63, 3.8) is 0 Å². The summed E-state index contributed by atoms with van der Waals surface area (Å²) in [5, 5.41) is 0. The van der Waals surface area contributed by atoms with Crippen molar-refractivity contribution >= 4 is 12.1 Å². The fourth-order valence-electron chi connectivity index (χ4n) is 1.55. The number of esters is 1.